The van der Waals surface area contributed by atoms with Gasteiger partial charge in [-0.2, -0.15) is 0 Å². The van der Waals surface area contributed by atoms with Crippen LogP contribution in [0.4, 0.5) is 20.6 Å². The summed E-state index contributed by atoms with van der Waals surface area (Å²) < 4.78 is 18.0. The van der Waals surface area contributed by atoms with Crippen molar-refractivity contribution < 1.29 is 23.6 Å². The first kappa shape index (κ1) is 18.4. The van der Waals surface area contributed by atoms with Crippen molar-refractivity contribution in [1.29, 1.82) is 0 Å². The van der Waals surface area contributed by atoms with Crippen LogP contribution in [0.3, 0.4) is 0 Å². The summed E-state index contributed by atoms with van der Waals surface area (Å²) in [5, 5.41) is 6.62. The number of halogens is 1. The van der Waals surface area contributed by atoms with Crippen LogP contribution in [0.25, 0.3) is 0 Å². The van der Waals surface area contributed by atoms with Crippen molar-refractivity contribution in [3.8, 4) is 0 Å². The van der Waals surface area contributed by atoms with Crippen LogP contribution in [0.2, 0.25) is 0 Å². The second kappa shape index (κ2) is 7.86. The number of benzene rings is 2. The van der Waals surface area contributed by atoms with Crippen molar-refractivity contribution in [1.82, 2.24) is 0 Å². The summed E-state index contributed by atoms with van der Waals surface area (Å²) >= 11 is 0. The number of nitrogens with one attached hydrogen (secondary N) is 1. The molecule has 0 radical (unpaired) electrons. The van der Waals surface area contributed by atoms with Crippen LogP contribution in [-0.2, 0) is 14.4 Å². The van der Waals surface area contributed by atoms with Crippen molar-refractivity contribution in [3.63, 3.8) is 0 Å². The van der Waals surface area contributed by atoms with E-state index < -0.39 is 12.2 Å². The van der Waals surface area contributed by atoms with Gasteiger partial charge in [0.15, 0.2) is 0 Å². The van der Waals surface area contributed by atoms with E-state index in [9.17, 15) is 14.0 Å². The Morgan fingerprint density at radius 3 is 2.67 bits per heavy atom. The molecule has 27 heavy (non-hydrogen) atoms. The van der Waals surface area contributed by atoms with Crippen LogP contribution in [0.15, 0.2) is 53.7 Å². The Balaban J connectivity index is 1.59. The Morgan fingerprint density at radius 2 is 2.00 bits per heavy atom. The smallest absolute Gasteiger partial charge is 0.413 e. The molecule has 2 aromatic rings. The SMILES string of the molecule is COC(=O)N(C)c1ccc(NC(=O)[C@H]2CC(c3cccc(F)c3)=NO2)cc1. The highest BCUT2D eigenvalue weighted by Crippen LogP contribution is 2.21. The fourth-order valence-electron chi connectivity index (χ4n) is 2.59. The summed E-state index contributed by atoms with van der Waals surface area (Å²) in [5.74, 6) is -0.737. The van der Waals surface area contributed by atoms with Gasteiger partial charge in [-0.1, -0.05) is 17.3 Å². The molecule has 0 aliphatic carbocycles. The zero-order valence-electron chi connectivity index (χ0n) is 14.8. The minimum Gasteiger partial charge on any atom is -0.452 e. The molecule has 0 aromatic heterocycles. The van der Waals surface area contributed by atoms with E-state index >= 15 is 0 Å². The van der Waals surface area contributed by atoms with E-state index in [4.69, 9.17) is 4.84 Å². The number of anilines is 2. The average molecular weight is 371 g/mol. The number of nitrogens with zero attached hydrogens (tertiary/aromatic N) is 2. The lowest BCUT2D eigenvalue weighted by Gasteiger charge is -2.16. The fourth-order valence-corrected chi connectivity index (χ4v) is 2.59. The second-order valence-corrected chi connectivity index (χ2v) is 5.91. The van der Waals surface area contributed by atoms with Crippen molar-refractivity contribution in [2.24, 2.45) is 5.16 Å². The molecule has 1 heterocycles. The summed E-state index contributed by atoms with van der Waals surface area (Å²) in [6.07, 6.45) is -1.04. The lowest BCUT2D eigenvalue weighted by molar-refractivity contribution is -0.125. The van der Waals surface area contributed by atoms with Crippen molar-refractivity contribution in [2.45, 2.75) is 12.5 Å². The van der Waals surface area contributed by atoms with Gasteiger partial charge in [-0.3, -0.25) is 9.69 Å². The number of amides is 2. The molecule has 0 fully saturated rings. The Hall–Kier alpha value is -3.42. The van der Waals surface area contributed by atoms with Crippen molar-refractivity contribution in [3.05, 3.63) is 59.9 Å². The van der Waals surface area contributed by atoms with Crippen molar-refractivity contribution in [2.75, 3.05) is 24.4 Å². The predicted molar refractivity (Wildman–Crippen MR) is 98.3 cm³/mol. The Labute approximate surface area is 155 Å². The summed E-state index contributed by atoms with van der Waals surface area (Å²) in [7, 11) is 2.88. The highest BCUT2D eigenvalue weighted by molar-refractivity contribution is 6.06. The molecule has 1 aliphatic heterocycles. The van der Waals surface area contributed by atoms with Gasteiger partial charge in [0.05, 0.1) is 12.8 Å². The lowest BCUT2D eigenvalue weighted by Crippen LogP contribution is -2.28. The van der Waals surface area contributed by atoms with Gasteiger partial charge >= 0.3 is 6.09 Å². The highest BCUT2D eigenvalue weighted by Gasteiger charge is 2.29. The molecule has 2 amide bonds. The number of rotatable bonds is 4. The second-order valence-electron chi connectivity index (χ2n) is 5.91. The predicted octanol–water partition coefficient (Wildman–Crippen LogP) is 3.16. The molecule has 0 bridgehead atoms. The molecule has 1 aliphatic rings. The zero-order valence-corrected chi connectivity index (χ0v) is 14.8. The van der Waals surface area contributed by atoms with Gasteiger partial charge in [-0.15, -0.1) is 0 Å². The minimum atomic E-state index is -0.791. The molecule has 140 valence electrons. The van der Waals surface area contributed by atoms with E-state index in [0.717, 1.165) is 0 Å². The zero-order chi connectivity index (χ0) is 19.4. The largest absolute Gasteiger partial charge is 0.452 e. The van der Waals surface area contributed by atoms with Crippen LogP contribution >= 0.6 is 0 Å². The number of oxime groups is 1. The fraction of sp³-hybridized carbons (Fsp3) is 0.211. The summed E-state index contributed by atoms with van der Waals surface area (Å²) in [5.41, 5.74) is 2.27. The van der Waals surface area contributed by atoms with E-state index in [2.05, 4.69) is 15.2 Å². The molecule has 2 aromatic carbocycles. The maximum absolute atomic E-state index is 13.3. The summed E-state index contributed by atoms with van der Waals surface area (Å²) in [6, 6.07) is 12.7. The van der Waals surface area contributed by atoms with E-state index in [1.165, 1.54) is 24.1 Å². The van der Waals surface area contributed by atoms with Gasteiger partial charge in [0.25, 0.3) is 5.91 Å². The summed E-state index contributed by atoms with van der Waals surface area (Å²) in [6.45, 7) is 0. The third-order valence-corrected chi connectivity index (χ3v) is 4.09. The first-order valence-electron chi connectivity index (χ1n) is 8.19. The van der Waals surface area contributed by atoms with Gasteiger partial charge < -0.3 is 14.9 Å². The molecule has 0 saturated carbocycles. The number of hydrogen-bond donors (Lipinski definition) is 1. The lowest BCUT2D eigenvalue weighted by atomic mass is 10.0. The van der Waals surface area contributed by atoms with Crippen LogP contribution in [0, 0.1) is 5.82 Å². The molecular weight excluding hydrogens is 353 g/mol. The quantitative estimate of drug-likeness (QED) is 0.895. The molecule has 0 unspecified atom stereocenters. The monoisotopic (exact) mass is 371 g/mol. The van der Waals surface area contributed by atoms with E-state index in [1.54, 1.807) is 43.4 Å². The standard InChI is InChI=1S/C19H18FN3O4/c1-23(19(25)26-2)15-8-6-14(7-9-15)21-18(24)17-11-16(22-27-17)12-4-3-5-13(20)10-12/h3-10,17H,11H2,1-2H3,(H,21,24)/t17-/m1/s1. The minimum absolute atomic E-state index is 0.248. The maximum Gasteiger partial charge on any atom is 0.413 e. The van der Waals surface area contributed by atoms with Crippen molar-refractivity contribution >= 4 is 29.1 Å². The van der Waals surface area contributed by atoms with Crippen LogP contribution in [0.5, 0.6) is 0 Å². The first-order valence-corrected chi connectivity index (χ1v) is 8.19. The normalized spacial score (nSPS) is 15.5. The molecule has 7 nitrogen and oxygen atoms in total. The molecule has 3 rings (SSSR count). The number of carbonyl (C=O) groups is 2. The molecule has 0 spiro atoms. The third-order valence-electron chi connectivity index (χ3n) is 4.09. The van der Waals surface area contributed by atoms with E-state index in [-0.39, 0.29) is 18.1 Å². The van der Waals surface area contributed by atoms with E-state index in [1.807, 2.05) is 0 Å². The molecule has 8 heteroatoms. The molecular formula is C19H18FN3O4. The van der Waals surface area contributed by atoms with E-state index in [0.29, 0.717) is 22.6 Å². The Morgan fingerprint density at radius 1 is 1.26 bits per heavy atom. The topological polar surface area (TPSA) is 80.2 Å². The van der Waals surface area contributed by atoms with Crippen LogP contribution < -0.4 is 10.2 Å². The number of hydrogen-bond acceptors (Lipinski definition) is 5. The Bertz CT molecular complexity index is 883. The van der Waals surface area contributed by atoms with Gasteiger partial charge in [-0.25, -0.2) is 9.18 Å². The van der Waals surface area contributed by atoms with Crippen LogP contribution in [-0.4, -0.2) is 38.0 Å². The Kier molecular flexibility index (Phi) is 5.35. The molecule has 0 saturated heterocycles. The van der Waals surface area contributed by atoms with Gasteiger partial charge in [-0.05, 0) is 36.4 Å². The summed E-state index contributed by atoms with van der Waals surface area (Å²) in [4.78, 5) is 30.4. The first-order chi connectivity index (χ1) is 13.0. The molecule has 1 atom stereocenters. The highest BCUT2D eigenvalue weighted by atomic mass is 19.1. The number of methoxy groups -OCH3 is 1. The van der Waals surface area contributed by atoms with Gasteiger partial charge in [0.2, 0.25) is 6.10 Å². The third kappa shape index (κ3) is 4.22. The maximum atomic E-state index is 13.3. The number of ether oxygens (including phenoxy) is 1. The number of carbonyl (C=O) groups excluding carboxylic acids is 2. The van der Waals surface area contributed by atoms with Gasteiger partial charge in [0, 0.05) is 30.4 Å². The molecule has 1 N–H and O–H groups in total. The average Bonchev–Trinajstić information content (AvgIpc) is 3.18. The van der Waals surface area contributed by atoms with Gasteiger partial charge in [0.1, 0.15) is 5.82 Å². The van der Waals surface area contributed by atoms with Crippen LogP contribution in [0.1, 0.15) is 12.0 Å².